The molecular formula is C25H32Cl2N4. The number of nitrogens with zero attached hydrogens (tertiary/aromatic N) is 3. The quantitative estimate of drug-likeness (QED) is 0.414. The van der Waals surface area contributed by atoms with E-state index in [9.17, 15) is 0 Å². The standard InChI is InChI=1S/C25H30N4.2ClH/c1-3-8-22(9-4-1)20-29-18-15-21(16-19-29)10-7-17-26-25-14-13-24(27-28-25)23-11-5-2-6-12-23;;/h1-6,8-9,11-14,21H,7,10,15-20H2,(H,26,28);2*1H. The van der Waals surface area contributed by atoms with E-state index in [-0.39, 0.29) is 24.8 Å². The molecule has 1 saturated heterocycles. The first-order valence-electron chi connectivity index (χ1n) is 10.8. The van der Waals surface area contributed by atoms with Crippen LogP contribution in [0.5, 0.6) is 0 Å². The molecule has 2 aromatic carbocycles. The van der Waals surface area contributed by atoms with Crippen molar-refractivity contribution in [1.29, 1.82) is 0 Å². The van der Waals surface area contributed by atoms with Crippen LogP contribution in [-0.2, 0) is 6.54 Å². The Balaban J connectivity index is 0.00000171. The Bertz CT molecular complexity index is 852. The molecule has 1 aromatic heterocycles. The van der Waals surface area contributed by atoms with Gasteiger partial charge >= 0.3 is 0 Å². The van der Waals surface area contributed by atoms with Crippen molar-refractivity contribution in [1.82, 2.24) is 15.1 Å². The predicted molar refractivity (Wildman–Crippen MR) is 134 cm³/mol. The molecule has 1 fully saturated rings. The summed E-state index contributed by atoms with van der Waals surface area (Å²) in [7, 11) is 0. The van der Waals surface area contributed by atoms with Gasteiger partial charge in [-0.3, -0.25) is 4.90 Å². The van der Waals surface area contributed by atoms with Crippen LogP contribution in [0.15, 0.2) is 72.8 Å². The van der Waals surface area contributed by atoms with Crippen LogP contribution in [0.4, 0.5) is 5.82 Å². The summed E-state index contributed by atoms with van der Waals surface area (Å²) in [6.45, 7) is 4.50. The smallest absolute Gasteiger partial charge is 0.148 e. The first-order chi connectivity index (χ1) is 14.4. The van der Waals surface area contributed by atoms with E-state index in [1.807, 2.05) is 30.3 Å². The molecule has 4 nitrogen and oxygen atoms in total. The van der Waals surface area contributed by atoms with Crippen molar-refractivity contribution < 1.29 is 0 Å². The molecule has 0 aliphatic carbocycles. The number of hydrogen-bond donors (Lipinski definition) is 1. The van der Waals surface area contributed by atoms with Crippen LogP contribution in [0.2, 0.25) is 0 Å². The van der Waals surface area contributed by atoms with E-state index < -0.39 is 0 Å². The van der Waals surface area contributed by atoms with E-state index in [4.69, 9.17) is 0 Å². The number of hydrogen-bond acceptors (Lipinski definition) is 4. The van der Waals surface area contributed by atoms with Crippen LogP contribution in [0.25, 0.3) is 11.3 Å². The lowest BCUT2D eigenvalue weighted by molar-refractivity contribution is 0.171. The highest BCUT2D eigenvalue weighted by molar-refractivity contribution is 5.85. The SMILES string of the molecule is Cl.Cl.c1ccc(CN2CCC(CCCNc3ccc(-c4ccccc4)nn3)CC2)cc1. The third kappa shape index (κ3) is 7.80. The number of piperidine rings is 1. The van der Waals surface area contributed by atoms with E-state index in [1.165, 1.54) is 44.3 Å². The van der Waals surface area contributed by atoms with E-state index >= 15 is 0 Å². The van der Waals surface area contributed by atoms with Crippen LogP contribution < -0.4 is 5.32 Å². The van der Waals surface area contributed by atoms with E-state index in [2.05, 4.69) is 62.9 Å². The molecule has 1 aliphatic rings. The Kier molecular flexibility index (Phi) is 10.8. The number of aromatic nitrogens is 2. The van der Waals surface area contributed by atoms with Crippen LogP contribution >= 0.6 is 24.8 Å². The molecule has 166 valence electrons. The number of benzene rings is 2. The number of halogens is 2. The van der Waals surface area contributed by atoms with Crippen molar-refractivity contribution in [2.75, 3.05) is 25.0 Å². The maximum atomic E-state index is 4.34. The molecule has 0 bridgehead atoms. The average Bonchev–Trinajstić information content (AvgIpc) is 2.79. The second-order valence-corrected chi connectivity index (χ2v) is 7.94. The summed E-state index contributed by atoms with van der Waals surface area (Å²) < 4.78 is 0. The zero-order chi connectivity index (χ0) is 19.7. The topological polar surface area (TPSA) is 41.0 Å². The summed E-state index contributed by atoms with van der Waals surface area (Å²) in [5, 5.41) is 12.1. The lowest BCUT2D eigenvalue weighted by atomic mass is 9.92. The molecule has 0 saturated carbocycles. The van der Waals surface area contributed by atoms with Gasteiger partial charge in [0.15, 0.2) is 0 Å². The van der Waals surface area contributed by atoms with Crippen LogP contribution in [0, 0.1) is 5.92 Å². The van der Waals surface area contributed by atoms with E-state index in [0.29, 0.717) is 0 Å². The summed E-state index contributed by atoms with van der Waals surface area (Å²) in [6.07, 6.45) is 5.12. The number of anilines is 1. The average molecular weight is 459 g/mol. The van der Waals surface area contributed by atoms with Crippen molar-refractivity contribution in [2.24, 2.45) is 5.92 Å². The number of rotatable bonds is 8. The normalized spacial score (nSPS) is 14.3. The first kappa shape index (κ1) is 25.1. The third-order valence-electron chi connectivity index (χ3n) is 5.79. The molecule has 0 atom stereocenters. The number of likely N-dealkylation sites (tertiary alicyclic amines) is 1. The summed E-state index contributed by atoms with van der Waals surface area (Å²) >= 11 is 0. The van der Waals surface area contributed by atoms with Crippen LogP contribution in [0.1, 0.15) is 31.2 Å². The van der Waals surface area contributed by atoms with Crippen molar-refractivity contribution in [3.8, 4) is 11.3 Å². The zero-order valence-corrected chi connectivity index (χ0v) is 19.5. The minimum Gasteiger partial charge on any atom is -0.369 e. The minimum absolute atomic E-state index is 0. The Labute approximate surface area is 198 Å². The van der Waals surface area contributed by atoms with Crippen molar-refractivity contribution in [3.05, 3.63) is 78.4 Å². The molecule has 6 heteroatoms. The zero-order valence-electron chi connectivity index (χ0n) is 17.8. The molecule has 4 rings (SSSR count). The Morgan fingerprint density at radius 2 is 1.48 bits per heavy atom. The summed E-state index contributed by atoms with van der Waals surface area (Å²) in [6, 6.07) is 25.1. The maximum absolute atomic E-state index is 4.34. The molecule has 1 aliphatic heterocycles. The molecule has 31 heavy (non-hydrogen) atoms. The molecule has 0 unspecified atom stereocenters. The molecule has 0 amide bonds. The monoisotopic (exact) mass is 458 g/mol. The van der Waals surface area contributed by atoms with Gasteiger partial charge in [0, 0.05) is 18.7 Å². The van der Waals surface area contributed by atoms with Crippen molar-refractivity contribution >= 4 is 30.6 Å². The van der Waals surface area contributed by atoms with Gasteiger partial charge in [-0.2, -0.15) is 0 Å². The summed E-state index contributed by atoms with van der Waals surface area (Å²) in [5.74, 6) is 1.72. The summed E-state index contributed by atoms with van der Waals surface area (Å²) in [4.78, 5) is 2.59. The maximum Gasteiger partial charge on any atom is 0.148 e. The highest BCUT2D eigenvalue weighted by Gasteiger charge is 2.18. The highest BCUT2D eigenvalue weighted by Crippen LogP contribution is 2.23. The molecular weight excluding hydrogens is 427 g/mol. The van der Waals surface area contributed by atoms with Crippen LogP contribution in [0.3, 0.4) is 0 Å². The molecule has 3 aromatic rings. The lowest BCUT2D eigenvalue weighted by Gasteiger charge is -2.32. The van der Waals surface area contributed by atoms with Gasteiger partial charge in [-0.25, -0.2) is 0 Å². The highest BCUT2D eigenvalue weighted by atomic mass is 35.5. The molecule has 0 radical (unpaired) electrons. The van der Waals surface area contributed by atoms with Gasteiger partial charge in [-0.05, 0) is 62.4 Å². The summed E-state index contributed by atoms with van der Waals surface area (Å²) in [5.41, 5.74) is 3.44. The fourth-order valence-corrected chi connectivity index (χ4v) is 4.07. The van der Waals surface area contributed by atoms with Crippen LogP contribution in [-0.4, -0.2) is 34.7 Å². The minimum atomic E-state index is 0. The van der Waals surface area contributed by atoms with Gasteiger partial charge in [0.25, 0.3) is 0 Å². The second-order valence-electron chi connectivity index (χ2n) is 7.94. The van der Waals surface area contributed by atoms with Crippen molar-refractivity contribution in [3.63, 3.8) is 0 Å². The van der Waals surface area contributed by atoms with Gasteiger partial charge < -0.3 is 5.32 Å². The van der Waals surface area contributed by atoms with Gasteiger partial charge in [-0.1, -0.05) is 60.7 Å². The fourth-order valence-electron chi connectivity index (χ4n) is 4.07. The molecule has 0 spiro atoms. The lowest BCUT2D eigenvalue weighted by Crippen LogP contribution is -2.33. The van der Waals surface area contributed by atoms with E-state index in [1.54, 1.807) is 0 Å². The number of nitrogens with one attached hydrogen (secondary N) is 1. The predicted octanol–water partition coefficient (Wildman–Crippen LogP) is 6.09. The Morgan fingerprint density at radius 3 is 2.13 bits per heavy atom. The Morgan fingerprint density at radius 1 is 0.806 bits per heavy atom. The van der Waals surface area contributed by atoms with Gasteiger partial charge in [-0.15, -0.1) is 35.0 Å². The van der Waals surface area contributed by atoms with E-state index in [0.717, 1.165) is 36.1 Å². The first-order valence-corrected chi connectivity index (χ1v) is 10.8. The van der Waals surface area contributed by atoms with Gasteiger partial charge in [0.2, 0.25) is 0 Å². The van der Waals surface area contributed by atoms with Gasteiger partial charge in [0.05, 0.1) is 5.69 Å². The third-order valence-corrected chi connectivity index (χ3v) is 5.79. The fraction of sp³-hybridized carbons (Fsp3) is 0.360. The largest absolute Gasteiger partial charge is 0.369 e. The second kappa shape index (κ2) is 13.3. The van der Waals surface area contributed by atoms with Crippen molar-refractivity contribution in [2.45, 2.75) is 32.2 Å². The van der Waals surface area contributed by atoms with Gasteiger partial charge in [0.1, 0.15) is 5.82 Å². The molecule has 1 N–H and O–H groups in total. The Hall–Kier alpha value is -2.14. The molecule has 2 heterocycles.